The average molecular weight is 178 g/mol. The first-order chi connectivity index (χ1) is 5.04. The molecule has 62 valence electrons. The summed E-state index contributed by atoms with van der Waals surface area (Å²) in [5.74, 6) is -2.26. The van der Waals surface area contributed by atoms with Crippen molar-refractivity contribution in [1.82, 2.24) is 0 Å². The van der Waals surface area contributed by atoms with E-state index in [1.54, 1.807) is 5.38 Å². The van der Waals surface area contributed by atoms with Crippen LogP contribution in [0, 0.1) is 0 Å². The highest BCUT2D eigenvalue weighted by atomic mass is 32.1. The Bertz CT molecular complexity index is 239. The van der Waals surface area contributed by atoms with Crippen molar-refractivity contribution in [2.75, 3.05) is 7.11 Å². The summed E-state index contributed by atoms with van der Waals surface area (Å²) in [6.45, 7) is 0.873. The van der Waals surface area contributed by atoms with Gasteiger partial charge in [0.05, 0.1) is 12.0 Å². The van der Waals surface area contributed by atoms with Crippen molar-refractivity contribution in [3.63, 3.8) is 0 Å². The van der Waals surface area contributed by atoms with Gasteiger partial charge in [-0.2, -0.15) is 0 Å². The van der Waals surface area contributed by atoms with Gasteiger partial charge in [-0.05, 0) is 0 Å². The second-order valence-corrected chi connectivity index (χ2v) is 3.15. The molecule has 0 radical (unpaired) electrons. The van der Waals surface area contributed by atoms with E-state index in [0.717, 1.165) is 18.3 Å². The van der Waals surface area contributed by atoms with E-state index in [-0.39, 0.29) is 4.88 Å². The van der Waals surface area contributed by atoms with Gasteiger partial charge < -0.3 is 4.74 Å². The van der Waals surface area contributed by atoms with Crippen LogP contribution < -0.4 is 4.74 Å². The molecule has 1 heterocycles. The minimum Gasteiger partial charge on any atom is -0.496 e. The third kappa shape index (κ3) is 1.89. The molecule has 0 saturated carbocycles. The number of hydrogen-bond donors (Lipinski definition) is 0. The van der Waals surface area contributed by atoms with Crippen molar-refractivity contribution in [2.45, 2.75) is 12.8 Å². The lowest BCUT2D eigenvalue weighted by atomic mass is 10.3. The molecule has 1 aromatic heterocycles. The second kappa shape index (κ2) is 2.77. The molecule has 0 atom stereocenters. The molecule has 0 fully saturated rings. The van der Waals surface area contributed by atoms with Crippen molar-refractivity contribution in [3.8, 4) is 5.75 Å². The van der Waals surface area contributed by atoms with Crippen LogP contribution in [-0.2, 0) is 5.92 Å². The largest absolute Gasteiger partial charge is 0.496 e. The summed E-state index contributed by atoms with van der Waals surface area (Å²) in [5.41, 5.74) is 0. The summed E-state index contributed by atoms with van der Waals surface area (Å²) < 4.78 is 29.9. The van der Waals surface area contributed by atoms with E-state index in [9.17, 15) is 8.78 Å². The minimum absolute atomic E-state index is 0.0364. The lowest BCUT2D eigenvalue weighted by molar-refractivity contribution is 0.0214. The van der Waals surface area contributed by atoms with Gasteiger partial charge in [0.25, 0.3) is 5.92 Å². The van der Waals surface area contributed by atoms with E-state index in [1.165, 1.54) is 13.2 Å². The Balaban J connectivity index is 2.89. The van der Waals surface area contributed by atoms with E-state index < -0.39 is 5.92 Å². The van der Waals surface area contributed by atoms with Crippen molar-refractivity contribution in [2.24, 2.45) is 0 Å². The quantitative estimate of drug-likeness (QED) is 0.676. The van der Waals surface area contributed by atoms with E-state index in [4.69, 9.17) is 4.74 Å². The number of methoxy groups -OCH3 is 1. The van der Waals surface area contributed by atoms with Crippen LogP contribution in [0.4, 0.5) is 8.78 Å². The zero-order chi connectivity index (χ0) is 8.48. The first kappa shape index (κ1) is 8.46. The maximum absolute atomic E-state index is 12.6. The second-order valence-electron chi connectivity index (χ2n) is 2.24. The van der Waals surface area contributed by atoms with Crippen molar-refractivity contribution in [3.05, 3.63) is 16.3 Å². The molecule has 0 N–H and O–H groups in total. The smallest absolute Gasteiger partial charge is 0.279 e. The van der Waals surface area contributed by atoms with Crippen LogP contribution in [0.3, 0.4) is 0 Å². The topological polar surface area (TPSA) is 9.23 Å². The van der Waals surface area contributed by atoms with E-state index >= 15 is 0 Å². The van der Waals surface area contributed by atoms with E-state index in [0.29, 0.717) is 5.75 Å². The summed E-state index contributed by atoms with van der Waals surface area (Å²) in [4.78, 5) is 0.0364. The monoisotopic (exact) mass is 178 g/mol. The van der Waals surface area contributed by atoms with Crippen LogP contribution >= 0.6 is 11.3 Å². The molecule has 0 saturated heterocycles. The maximum Gasteiger partial charge on any atom is 0.279 e. The molecular weight excluding hydrogens is 170 g/mol. The third-order valence-corrected chi connectivity index (χ3v) is 2.32. The Hall–Kier alpha value is -0.640. The van der Waals surface area contributed by atoms with Crippen molar-refractivity contribution >= 4 is 11.3 Å². The van der Waals surface area contributed by atoms with Crippen LogP contribution in [0.2, 0.25) is 0 Å². The highest BCUT2D eigenvalue weighted by Crippen LogP contribution is 2.34. The third-order valence-electron chi connectivity index (χ3n) is 1.24. The zero-order valence-electron chi connectivity index (χ0n) is 6.23. The Labute approximate surface area is 67.6 Å². The summed E-state index contributed by atoms with van der Waals surface area (Å²) >= 11 is 1.01. The van der Waals surface area contributed by atoms with Gasteiger partial charge >= 0.3 is 0 Å². The molecule has 1 rings (SSSR count). The Morgan fingerprint density at radius 1 is 1.55 bits per heavy atom. The van der Waals surface area contributed by atoms with Crippen LogP contribution in [-0.4, -0.2) is 7.11 Å². The molecule has 0 aliphatic rings. The number of rotatable bonds is 2. The van der Waals surface area contributed by atoms with Gasteiger partial charge in [-0.1, -0.05) is 0 Å². The van der Waals surface area contributed by atoms with Gasteiger partial charge in [-0.15, -0.1) is 11.3 Å². The number of alkyl halides is 2. The van der Waals surface area contributed by atoms with Gasteiger partial charge in [0.15, 0.2) is 0 Å². The summed E-state index contributed by atoms with van der Waals surface area (Å²) in [6.07, 6.45) is 0. The molecule has 11 heavy (non-hydrogen) atoms. The SMILES string of the molecule is COc1csc(C(C)(F)F)c1. The Morgan fingerprint density at radius 2 is 2.18 bits per heavy atom. The van der Waals surface area contributed by atoms with Crippen LogP contribution in [0.5, 0.6) is 5.75 Å². The summed E-state index contributed by atoms with van der Waals surface area (Å²) in [6, 6.07) is 1.35. The fraction of sp³-hybridized carbons (Fsp3) is 0.429. The molecule has 0 aliphatic heterocycles. The first-order valence-electron chi connectivity index (χ1n) is 3.05. The number of hydrogen-bond acceptors (Lipinski definition) is 2. The summed E-state index contributed by atoms with van der Waals surface area (Å²) in [5, 5.41) is 1.56. The van der Waals surface area contributed by atoms with Crippen LogP contribution in [0.1, 0.15) is 11.8 Å². The standard InChI is InChI=1S/C7H8F2OS/c1-7(8,9)6-3-5(10-2)4-11-6/h3-4H,1-2H3. The van der Waals surface area contributed by atoms with E-state index in [1.807, 2.05) is 0 Å². The molecule has 4 heteroatoms. The molecule has 0 amide bonds. The highest BCUT2D eigenvalue weighted by Gasteiger charge is 2.26. The van der Waals surface area contributed by atoms with Gasteiger partial charge in [-0.25, -0.2) is 8.78 Å². The predicted octanol–water partition coefficient (Wildman–Crippen LogP) is 2.87. The predicted molar refractivity (Wildman–Crippen MR) is 40.4 cm³/mol. The lowest BCUT2D eigenvalue weighted by Crippen LogP contribution is -2.03. The van der Waals surface area contributed by atoms with Crippen LogP contribution in [0.15, 0.2) is 11.4 Å². The lowest BCUT2D eigenvalue weighted by Gasteiger charge is -2.04. The fourth-order valence-electron chi connectivity index (χ4n) is 0.656. The number of halogens is 2. The highest BCUT2D eigenvalue weighted by molar-refractivity contribution is 7.10. The zero-order valence-corrected chi connectivity index (χ0v) is 7.04. The van der Waals surface area contributed by atoms with Crippen molar-refractivity contribution < 1.29 is 13.5 Å². The average Bonchev–Trinajstić information content (AvgIpc) is 2.32. The molecule has 0 unspecified atom stereocenters. The summed E-state index contributed by atoms with van der Waals surface area (Å²) in [7, 11) is 1.46. The maximum atomic E-state index is 12.6. The molecule has 1 nitrogen and oxygen atoms in total. The van der Waals surface area contributed by atoms with Gasteiger partial charge in [0.2, 0.25) is 0 Å². The Kier molecular flexibility index (Phi) is 2.13. The minimum atomic E-state index is -2.75. The van der Waals surface area contributed by atoms with Crippen molar-refractivity contribution in [1.29, 1.82) is 0 Å². The fourth-order valence-corrected chi connectivity index (χ4v) is 1.45. The van der Waals surface area contributed by atoms with Crippen LogP contribution in [0.25, 0.3) is 0 Å². The number of ether oxygens (including phenoxy) is 1. The molecule has 0 spiro atoms. The van der Waals surface area contributed by atoms with E-state index in [2.05, 4.69) is 0 Å². The first-order valence-corrected chi connectivity index (χ1v) is 3.93. The molecule has 0 aliphatic carbocycles. The number of thiophene rings is 1. The van der Waals surface area contributed by atoms with Gasteiger partial charge in [0, 0.05) is 18.4 Å². The molecule has 0 aromatic carbocycles. The van der Waals surface area contributed by atoms with Gasteiger partial charge in [-0.3, -0.25) is 0 Å². The molecular formula is C7H8F2OS. The normalized spacial score (nSPS) is 11.6. The van der Waals surface area contributed by atoms with Gasteiger partial charge in [0.1, 0.15) is 5.75 Å². The Morgan fingerprint density at radius 3 is 2.45 bits per heavy atom. The molecule has 1 aromatic rings. The molecule has 0 bridgehead atoms.